The molecule has 1 atom stereocenters. The Kier molecular flexibility index (Phi) is 5.95. The summed E-state index contributed by atoms with van der Waals surface area (Å²) in [5.41, 5.74) is -0.307. The van der Waals surface area contributed by atoms with Crippen LogP contribution >= 0.6 is 0 Å². The molecule has 4 nitrogen and oxygen atoms in total. The summed E-state index contributed by atoms with van der Waals surface area (Å²) in [6.07, 6.45) is 1.48. The monoisotopic (exact) mass is 443 g/mol. The van der Waals surface area contributed by atoms with Crippen LogP contribution in [0.15, 0.2) is 0 Å². The van der Waals surface area contributed by atoms with Crippen LogP contribution in [0.1, 0.15) is 27.7 Å². The predicted molar refractivity (Wildman–Crippen MR) is 49.0 cm³/mol. The van der Waals surface area contributed by atoms with Crippen LogP contribution in [-0.2, 0) is 14.3 Å². The molecule has 0 heterocycles. The van der Waals surface area contributed by atoms with E-state index in [1.807, 2.05) is 20.8 Å². The van der Waals surface area contributed by atoms with Crippen molar-refractivity contribution in [3.63, 3.8) is 0 Å². The van der Waals surface area contributed by atoms with E-state index in [9.17, 15) is 9.59 Å². The van der Waals surface area contributed by atoms with Gasteiger partial charge in [-0.25, -0.2) is 0 Å². The van der Waals surface area contributed by atoms with Gasteiger partial charge in [-0.2, -0.15) is 6.41 Å². The maximum atomic E-state index is 10.9. The Bertz CT molecular complexity index is 189. The molecule has 0 aliphatic carbocycles. The van der Waals surface area contributed by atoms with Crippen molar-refractivity contribution in [2.45, 2.75) is 39.3 Å². The average molecular weight is 443 g/mol. The summed E-state index contributed by atoms with van der Waals surface area (Å²) >= 11 is 0. The number of ketones is 1. The topological polar surface area (TPSA) is 55.4 Å². The number of amides is 1. The summed E-state index contributed by atoms with van der Waals surface area (Å²) < 4.78 is 5.34. The predicted octanol–water partition coefficient (Wildman–Crippen LogP) is 0.416. The van der Waals surface area contributed by atoms with Gasteiger partial charge in [0.25, 0.3) is 0 Å². The Morgan fingerprint density at radius 2 is 2.00 bits per heavy atom. The zero-order chi connectivity index (χ0) is 10.5. The minimum atomic E-state index is -0.586. The van der Waals surface area contributed by atoms with Gasteiger partial charge in [0, 0.05) is 0 Å². The number of rotatable bonds is 5. The molecular formula is C9H16FmNO3-. The van der Waals surface area contributed by atoms with E-state index in [1.54, 1.807) is 0 Å². The van der Waals surface area contributed by atoms with E-state index in [2.05, 4.69) is 5.32 Å². The van der Waals surface area contributed by atoms with Crippen LogP contribution in [-0.4, -0.2) is 30.4 Å². The summed E-state index contributed by atoms with van der Waals surface area (Å²) in [5.74, 6) is -0.132. The summed E-state index contributed by atoms with van der Waals surface area (Å²) in [6, 6.07) is -0.586. The van der Waals surface area contributed by atoms with Gasteiger partial charge in [0.2, 0.25) is 0 Å². The van der Waals surface area contributed by atoms with Gasteiger partial charge in [-0.05, 0) is 27.7 Å². The standard InChI is InChI=1S/C9H16NO3.Fm/c1-7(12)8(10-6-11)5-13-9(2,3)4;/h8H,5H2,1-4H3,(H,10,11);/q-1;/t8-;/m0./s1. The summed E-state index contributed by atoms with van der Waals surface area (Å²) in [6.45, 7) is 7.24. The van der Waals surface area contributed by atoms with E-state index < -0.39 is 6.04 Å². The molecule has 0 saturated carbocycles. The van der Waals surface area contributed by atoms with Gasteiger partial charge in [0.1, 0.15) is 0 Å². The third kappa shape index (κ3) is 6.79. The molecule has 14 heavy (non-hydrogen) atoms. The van der Waals surface area contributed by atoms with E-state index in [4.69, 9.17) is 4.74 Å². The van der Waals surface area contributed by atoms with Gasteiger partial charge < -0.3 is 14.8 Å². The van der Waals surface area contributed by atoms with E-state index in [0.29, 0.717) is 0 Å². The van der Waals surface area contributed by atoms with E-state index >= 15 is 0 Å². The minimum absolute atomic E-state index is 0. The molecule has 0 aliphatic heterocycles. The second kappa shape index (κ2) is 5.70. The van der Waals surface area contributed by atoms with Crippen molar-refractivity contribution in [1.29, 1.82) is 0 Å². The Labute approximate surface area is 78.6 Å². The van der Waals surface area contributed by atoms with Gasteiger partial charge in [0.05, 0.1) is 18.2 Å². The second-order valence-electron chi connectivity index (χ2n) is 3.83. The molecule has 1 amide bonds. The SMILES string of the molecule is CC(=O)[C@H](COC(C)(C)C)N[C-]=O.[Fm]. The van der Waals surface area contributed by atoms with E-state index in [1.165, 1.54) is 13.3 Å². The Morgan fingerprint density at radius 1 is 1.50 bits per heavy atom. The maximum Gasteiger partial charge on any atom is 0.151 e. The molecule has 0 aliphatic rings. The quantitative estimate of drug-likeness (QED) is 0.495. The van der Waals surface area contributed by atoms with Gasteiger partial charge in [-0.3, -0.25) is 4.79 Å². The molecule has 0 aromatic carbocycles. The first kappa shape index (κ1) is 14.6. The molecule has 0 aromatic heterocycles. The maximum absolute atomic E-state index is 10.9. The fourth-order valence-electron chi connectivity index (χ4n) is 0.665. The summed E-state index contributed by atoms with van der Waals surface area (Å²) in [4.78, 5) is 20.9. The first-order valence-corrected chi connectivity index (χ1v) is 4.14. The zero-order valence-corrected chi connectivity index (χ0v) is 11.2. The third-order valence-electron chi connectivity index (χ3n) is 1.41. The Hall–Kier alpha value is -1.90. The van der Waals surface area contributed by atoms with E-state index in [0.717, 1.165) is 0 Å². The number of hydrogen-bond acceptors (Lipinski definition) is 3. The Balaban J connectivity index is 0. The van der Waals surface area contributed by atoms with Crippen molar-refractivity contribution in [3.8, 4) is 0 Å². The number of nitrogens with one attached hydrogen (secondary N) is 1. The summed E-state index contributed by atoms with van der Waals surface area (Å²) in [7, 11) is 0. The van der Waals surface area contributed by atoms with Crippen molar-refractivity contribution in [2.75, 3.05) is 6.61 Å². The molecule has 1 N–H and O–H groups in total. The number of carbonyl (C=O) groups excluding carboxylic acids is 2. The fraction of sp³-hybridized carbons (Fsp3) is 0.778. The van der Waals surface area contributed by atoms with Gasteiger partial charge in [0.15, 0.2) is 5.78 Å². The largest absolute Gasteiger partial charge is 0.520 e. The van der Waals surface area contributed by atoms with Gasteiger partial charge in [-0.15, -0.1) is 0 Å². The molecule has 5 heteroatoms. The second-order valence-corrected chi connectivity index (χ2v) is 3.83. The molecule has 0 spiro atoms. The van der Waals surface area contributed by atoms with Crippen molar-refractivity contribution >= 4 is 12.2 Å². The normalized spacial score (nSPS) is 12.6. The molecule has 0 rings (SSSR count). The van der Waals surface area contributed by atoms with Gasteiger partial charge in [-0.1, -0.05) is 0 Å². The molecule has 0 aromatic rings. The molecular weight excluding hydrogens is 427 g/mol. The molecule has 88 valence electrons. The van der Waals surface area contributed by atoms with E-state index in [-0.39, 0.29) is 18.0 Å². The molecule has 0 radical (unpaired) electrons. The van der Waals surface area contributed by atoms with Crippen LogP contribution in [0.4, 0.5) is 0 Å². The van der Waals surface area contributed by atoms with Crippen LogP contribution in [0.25, 0.3) is 0 Å². The molecule has 0 bridgehead atoms. The van der Waals surface area contributed by atoms with Crippen LogP contribution in [0.5, 0.6) is 0 Å². The minimum Gasteiger partial charge on any atom is -0.520 e. The number of Topliss-reactive ketones (excluding diaryl/α,β-unsaturated/α-hetero) is 1. The zero-order valence-electron chi connectivity index (χ0n) is 8.80. The first-order chi connectivity index (χ1) is 5.87. The molecule has 0 saturated heterocycles. The molecule has 0 unspecified atom stereocenters. The summed E-state index contributed by atoms with van der Waals surface area (Å²) in [5, 5.41) is 2.27. The first-order valence-electron chi connectivity index (χ1n) is 4.14. The smallest absolute Gasteiger partial charge is 0.151 e. The van der Waals surface area contributed by atoms with Gasteiger partial charge >= 0.3 is 0 Å². The molecule has 0 fully saturated rings. The van der Waals surface area contributed by atoms with Crippen LogP contribution in [0.2, 0.25) is 0 Å². The fourth-order valence-corrected chi connectivity index (χ4v) is 0.665. The van der Waals surface area contributed by atoms with Crippen LogP contribution in [0, 0.1) is 0 Å². The van der Waals surface area contributed by atoms with Crippen LogP contribution < -0.4 is 5.32 Å². The van der Waals surface area contributed by atoms with Crippen molar-refractivity contribution in [2.24, 2.45) is 0 Å². The van der Waals surface area contributed by atoms with Crippen molar-refractivity contribution < 1.29 is 14.3 Å². The third-order valence-corrected chi connectivity index (χ3v) is 1.41. The van der Waals surface area contributed by atoms with Crippen molar-refractivity contribution in [3.05, 3.63) is 0 Å². The van der Waals surface area contributed by atoms with Crippen molar-refractivity contribution in [1.82, 2.24) is 5.32 Å². The van der Waals surface area contributed by atoms with Crippen LogP contribution in [0.3, 0.4) is 0 Å². The number of carbonyl (C=O) groups is 1. The number of hydrogen-bond donors (Lipinski definition) is 1. The average Bonchev–Trinajstić information content (AvgIpc) is 1.95. The number of ether oxygens (including phenoxy) is 1. The Morgan fingerprint density at radius 3 is 2.29 bits per heavy atom.